The van der Waals surface area contributed by atoms with Crippen LogP contribution in [0.4, 0.5) is 5.82 Å². The number of hydrogen-bond donors (Lipinski definition) is 1. The first-order valence-electron chi connectivity index (χ1n) is 8.00. The third-order valence-electron chi connectivity index (χ3n) is 3.48. The molecule has 1 N–H and O–H groups in total. The van der Waals surface area contributed by atoms with Crippen LogP contribution >= 0.6 is 0 Å². The SMILES string of the molecule is CC.Cc1ccc(NS(=O)c2ccc(C(C)(C)C)cc2)nc1C. The lowest BCUT2D eigenvalue weighted by Gasteiger charge is -2.19. The normalized spacial score (nSPS) is 12.1. The molecule has 0 spiro atoms. The fourth-order valence-corrected chi connectivity index (χ4v) is 2.72. The Hall–Kier alpha value is -1.68. The minimum Gasteiger partial charge on any atom is -0.285 e. The second kappa shape index (κ2) is 8.25. The van der Waals surface area contributed by atoms with Crippen molar-refractivity contribution in [3.05, 3.63) is 53.2 Å². The number of pyridine rings is 1. The summed E-state index contributed by atoms with van der Waals surface area (Å²) in [7, 11) is -1.30. The van der Waals surface area contributed by atoms with Crippen molar-refractivity contribution in [1.29, 1.82) is 0 Å². The number of benzene rings is 1. The molecule has 0 aliphatic heterocycles. The van der Waals surface area contributed by atoms with E-state index in [0.29, 0.717) is 5.82 Å². The predicted molar refractivity (Wildman–Crippen MR) is 100 cm³/mol. The lowest BCUT2D eigenvalue weighted by atomic mass is 9.87. The van der Waals surface area contributed by atoms with Crippen LogP contribution in [0.25, 0.3) is 0 Å². The second-order valence-corrected chi connectivity index (χ2v) is 7.46. The molecule has 0 fully saturated rings. The van der Waals surface area contributed by atoms with Crippen molar-refractivity contribution in [2.24, 2.45) is 0 Å². The topological polar surface area (TPSA) is 42.0 Å². The van der Waals surface area contributed by atoms with Crippen molar-refractivity contribution in [2.45, 2.75) is 58.8 Å². The molecule has 4 heteroatoms. The van der Waals surface area contributed by atoms with Gasteiger partial charge >= 0.3 is 0 Å². The molecule has 2 rings (SSSR count). The van der Waals surface area contributed by atoms with Crippen molar-refractivity contribution in [3.8, 4) is 0 Å². The van der Waals surface area contributed by atoms with E-state index in [9.17, 15) is 4.21 Å². The summed E-state index contributed by atoms with van der Waals surface area (Å²) in [5.41, 5.74) is 3.40. The first-order valence-corrected chi connectivity index (χ1v) is 9.15. The summed E-state index contributed by atoms with van der Waals surface area (Å²) in [6.45, 7) is 14.4. The van der Waals surface area contributed by atoms with Crippen LogP contribution in [0.5, 0.6) is 0 Å². The van der Waals surface area contributed by atoms with E-state index in [2.05, 4.69) is 30.5 Å². The summed E-state index contributed by atoms with van der Waals surface area (Å²) >= 11 is 0. The Bertz CT molecular complexity index is 658. The minimum atomic E-state index is -1.30. The highest BCUT2D eigenvalue weighted by Crippen LogP contribution is 2.23. The molecule has 1 aromatic heterocycles. The molecular formula is C19H28N2OS. The lowest BCUT2D eigenvalue weighted by molar-refractivity contribution is 0.589. The average molecular weight is 333 g/mol. The highest BCUT2D eigenvalue weighted by molar-refractivity contribution is 7.86. The van der Waals surface area contributed by atoms with Gasteiger partial charge in [-0.05, 0) is 48.6 Å². The summed E-state index contributed by atoms with van der Waals surface area (Å²) in [6, 6.07) is 11.7. The monoisotopic (exact) mass is 332 g/mol. The van der Waals surface area contributed by atoms with E-state index in [4.69, 9.17) is 0 Å². The fraction of sp³-hybridized carbons (Fsp3) is 0.421. The van der Waals surface area contributed by atoms with Gasteiger partial charge < -0.3 is 0 Å². The van der Waals surface area contributed by atoms with Gasteiger partial charge in [0.15, 0.2) is 11.0 Å². The molecule has 1 heterocycles. The zero-order chi connectivity index (χ0) is 17.6. The molecule has 0 bridgehead atoms. The fourth-order valence-electron chi connectivity index (χ4n) is 1.92. The molecule has 1 aromatic carbocycles. The quantitative estimate of drug-likeness (QED) is 0.844. The minimum absolute atomic E-state index is 0.100. The van der Waals surface area contributed by atoms with E-state index in [1.165, 1.54) is 5.56 Å². The Balaban J connectivity index is 0.00000127. The van der Waals surface area contributed by atoms with Crippen molar-refractivity contribution in [2.75, 3.05) is 4.72 Å². The van der Waals surface area contributed by atoms with Crippen LogP contribution in [-0.2, 0) is 16.4 Å². The van der Waals surface area contributed by atoms with Crippen molar-refractivity contribution >= 4 is 16.8 Å². The average Bonchev–Trinajstić information content (AvgIpc) is 2.52. The Morgan fingerprint density at radius 3 is 2.00 bits per heavy atom. The maximum Gasteiger partial charge on any atom is 0.151 e. The molecule has 3 nitrogen and oxygen atoms in total. The molecule has 0 saturated heterocycles. The standard InChI is InChI=1S/C17H22N2OS.C2H6/c1-12-6-11-16(18-13(12)2)19-21(20)15-9-7-14(8-10-15)17(3,4)5;1-2/h6-11H,1-5H3,(H,18,19);1-2H3. The van der Waals surface area contributed by atoms with Crippen LogP contribution in [0.2, 0.25) is 0 Å². The van der Waals surface area contributed by atoms with Gasteiger partial charge in [-0.3, -0.25) is 4.72 Å². The molecule has 1 unspecified atom stereocenters. The van der Waals surface area contributed by atoms with Gasteiger partial charge in [0, 0.05) is 5.69 Å². The number of aromatic nitrogens is 1. The van der Waals surface area contributed by atoms with E-state index in [0.717, 1.165) is 16.2 Å². The van der Waals surface area contributed by atoms with E-state index in [-0.39, 0.29) is 5.41 Å². The highest BCUT2D eigenvalue weighted by Gasteiger charge is 2.14. The second-order valence-electron chi connectivity index (χ2n) is 6.24. The molecule has 2 aromatic rings. The first kappa shape index (κ1) is 19.4. The molecular weight excluding hydrogens is 304 g/mol. The van der Waals surface area contributed by atoms with Crippen molar-refractivity contribution in [3.63, 3.8) is 0 Å². The van der Waals surface area contributed by atoms with Crippen molar-refractivity contribution < 1.29 is 4.21 Å². The largest absolute Gasteiger partial charge is 0.285 e. The van der Waals surface area contributed by atoms with Gasteiger partial charge in [-0.15, -0.1) is 0 Å². The Kier molecular flexibility index (Phi) is 6.95. The highest BCUT2D eigenvalue weighted by atomic mass is 32.2. The first-order chi connectivity index (χ1) is 10.8. The zero-order valence-electron chi connectivity index (χ0n) is 15.2. The lowest BCUT2D eigenvalue weighted by Crippen LogP contribution is -2.12. The maximum atomic E-state index is 12.3. The summed E-state index contributed by atoms with van der Waals surface area (Å²) in [4.78, 5) is 5.14. The van der Waals surface area contributed by atoms with E-state index < -0.39 is 11.0 Å². The van der Waals surface area contributed by atoms with E-state index >= 15 is 0 Å². The number of rotatable bonds is 3. The van der Waals surface area contributed by atoms with Gasteiger partial charge in [-0.25, -0.2) is 9.19 Å². The Morgan fingerprint density at radius 1 is 0.957 bits per heavy atom. The molecule has 0 aliphatic carbocycles. The van der Waals surface area contributed by atoms with Crippen LogP contribution < -0.4 is 4.72 Å². The van der Waals surface area contributed by atoms with Crippen LogP contribution in [0.3, 0.4) is 0 Å². The summed E-state index contributed by atoms with van der Waals surface area (Å²) in [6.07, 6.45) is 0. The van der Waals surface area contributed by atoms with Crippen LogP contribution in [-0.4, -0.2) is 9.19 Å². The number of hydrogen-bond acceptors (Lipinski definition) is 2. The summed E-state index contributed by atoms with van der Waals surface area (Å²) in [5.74, 6) is 0.635. The van der Waals surface area contributed by atoms with E-state index in [1.807, 2.05) is 64.1 Å². The number of nitrogens with one attached hydrogen (secondary N) is 1. The molecule has 23 heavy (non-hydrogen) atoms. The van der Waals surface area contributed by atoms with Gasteiger partial charge in [0.1, 0.15) is 5.82 Å². The zero-order valence-corrected chi connectivity index (χ0v) is 16.0. The summed E-state index contributed by atoms with van der Waals surface area (Å²) < 4.78 is 15.3. The third-order valence-corrected chi connectivity index (χ3v) is 4.58. The van der Waals surface area contributed by atoms with Gasteiger partial charge in [0.2, 0.25) is 0 Å². The number of anilines is 1. The number of aryl methyl sites for hydroxylation is 2. The smallest absolute Gasteiger partial charge is 0.151 e. The molecule has 0 saturated carbocycles. The van der Waals surface area contributed by atoms with Crippen LogP contribution in [0, 0.1) is 13.8 Å². The van der Waals surface area contributed by atoms with Crippen LogP contribution in [0.15, 0.2) is 41.3 Å². The number of nitrogens with zero attached hydrogens (tertiary/aromatic N) is 1. The van der Waals surface area contributed by atoms with Crippen molar-refractivity contribution in [1.82, 2.24) is 4.98 Å². The Labute approximate surface area is 143 Å². The van der Waals surface area contributed by atoms with E-state index in [1.54, 1.807) is 0 Å². The van der Waals surface area contributed by atoms with Gasteiger partial charge in [-0.2, -0.15) is 0 Å². The predicted octanol–water partition coefficient (Wildman–Crippen LogP) is 5.16. The molecule has 1 atom stereocenters. The molecule has 0 aliphatic rings. The third kappa shape index (κ3) is 5.47. The maximum absolute atomic E-state index is 12.3. The summed E-state index contributed by atoms with van der Waals surface area (Å²) in [5, 5.41) is 0. The molecule has 0 radical (unpaired) electrons. The van der Waals surface area contributed by atoms with Gasteiger partial charge in [0.25, 0.3) is 0 Å². The van der Waals surface area contributed by atoms with Gasteiger partial charge in [-0.1, -0.05) is 52.8 Å². The van der Waals surface area contributed by atoms with Crippen LogP contribution in [0.1, 0.15) is 51.4 Å². The molecule has 0 amide bonds. The van der Waals surface area contributed by atoms with Gasteiger partial charge in [0.05, 0.1) is 4.90 Å². The Morgan fingerprint density at radius 2 is 1.52 bits per heavy atom. The molecule has 126 valence electrons.